The van der Waals surface area contributed by atoms with Gasteiger partial charge in [0.25, 0.3) is 0 Å². The molecule has 1 aromatic carbocycles. The predicted octanol–water partition coefficient (Wildman–Crippen LogP) is 1.78. The third-order valence-electron chi connectivity index (χ3n) is 3.07. The Morgan fingerprint density at radius 2 is 2.42 bits per heavy atom. The van der Waals surface area contributed by atoms with Gasteiger partial charge in [0.05, 0.1) is 18.3 Å². The summed E-state index contributed by atoms with van der Waals surface area (Å²) in [6, 6.07) is 4.79. The predicted molar refractivity (Wildman–Crippen MR) is 74.1 cm³/mol. The number of carbonyl (C=O) groups is 1. The van der Waals surface area contributed by atoms with Gasteiger partial charge in [-0.05, 0) is 25.2 Å². The molecule has 2 rings (SSSR count). The zero-order chi connectivity index (χ0) is 13.8. The van der Waals surface area contributed by atoms with Crippen molar-refractivity contribution >= 4 is 23.3 Å². The Bertz CT molecular complexity index is 467. The van der Waals surface area contributed by atoms with E-state index >= 15 is 0 Å². The van der Waals surface area contributed by atoms with E-state index in [0.717, 1.165) is 13.1 Å². The molecule has 1 aromatic rings. The van der Waals surface area contributed by atoms with Crippen molar-refractivity contribution in [2.75, 3.05) is 38.6 Å². The lowest BCUT2D eigenvalue weighted by atomic mass is 10.1. The Morgan fingerprint density at radius 3 is 3.11 bits per heavy atom. The first-order valence-corrected chi connectivity index (χ1v) is 6.51. The molecule has 19 heavy (non-hydrogen) atoms. The van der Waals surface area contributed by atoms with Crippen LogP contribution in [-0.2, 0) is 4.74 Å². The van der Waals surface area contributed by atoms with Crippen LogP contribution in [0.25, 0.3) is 0 Å². The number of nitrogens with one attached hydrogen (secondary N) is 1. The SMILES string of the molecule is CN1CCOC(CNc2ccc(Cl)cc2C(=O)O)C1. The minimum atomic E-state index is -0.994. The molecule has 0 amide bonds. The van der Waals surface area contributed by atoms with E-state index < -0.39 is 5.97 Å². The van der Waals surface area contributed by atoms with Crippen LogP contribution in [0.2, 0.25) is 5.02 Å². The molecule has 6 heteroatoms. The van der Waals surface area contributed by atoms with Gasteiger partial charge in [0.1, 0.15) is 0 Å². The fourth-order valence-electron chi connectivity index (χ4n) is 2.06. The summed E-state index contributed by atoms with van der Waals surface area (Å²) >= 11 is 5.81. The maximum Gasteiger partial charge on any atom is 0.337 e. The van der Waals surface area contributed by atoms with Crippen LogP contribution in [0.4, 0.5) is 5.69 Å². The summed E-state index contributed by atoms with van der Waals surface area (Å²) in [5.41, 5.74) is 0.741. The number of rotatable bonds is 4. The summed E-state index contributed by atoms with van der Waals surface area (Å²) in [7, 11) is 2.04. The number of morpholine rings is 1. The molecule has 1 saturated heterocycles. The van der Waals surface area contributed by atoms with Gasteiger partial charge in [-0.2, -0.15) is 0 Å². The largest absolute Gasteiger partial charge is 0.478 e. The van der Waals surface area contributed by atoms with Crippen LogP contribution in [-0.4, -0.2) is 55.4 Å². The Hall–Kier alpha value is -1.30. The van der Waals surface area contributed by atoms with Crippen LogP contribution in [0.1, 0.15) is 10.4 Å². The molecule has 1 aliphatic heterocycles. The molecule has 5 nitrogen and oxygen atoms in total. The number of benzene rings is 1. The zero-order valence-corrected chi connectivity index (χ0v) is 11.5. The van der Waals surface area contributed by atoms with E-state index in [1.165, 1.54) is 6.07 Å². The van der Waals surface area contributed by atoms with Crippen molar-refractivity contribution in [3.8, 4) is 0 Å². The zero-order valence-electron chi connectivity index (χ0n) is 10.7. The monoisotopic (exact) mass is 284 g/mol. The van der Waals surface area contributed by atoms with E-state index in [0.29, 0.717) is 23.9 Å². The number of likely N-dealkylation sites (N-methyl/N-ethyl adjacent to an activating group) is 1. The maximum atomic E-state index is 11.1. The first-order valence-electron chi connectivity index (χ1n) is 6.13. The van der Waals surface area contributed by atoms with E-state index in [1.54, 1.807) is 12.1 Å². The number of nitrogens with zero attached hydrogens (tertiary/aromatic N) is 1. The highest BCUT2D eigenvalue weighted by atomic mass is 35.5. The molecule has 0 aliphatic carbocycles. The highest BCUT2D eigenvalue weighted by Crippen LogP contribution is 2.21. The van der Waals surface area contributed by atoms with Crippen molar-refractivity contribution in [2.24, 2.45) is 0 Å². The number of carboxylic acid groups (broad SMARTS) is 1. The number of aromatic carboxylic acids is 1. The van der Waals surface area contributed by atoms with E-state index in [2.05, 4.69) is 10.2 Å². The maximum absolute atomic E-state index is 11.1. The Kier molecular flexibility index (Phi) is 4.63. The average Bonchev–Trinajstić information content (AvgIpc) is 2.37. The molecular formula is C13H17ClN2O3. The van der Waals surface area contributed by atoms with Gasteiger partial charge >= 0.3 is 5.97 Å². The second-order valence-corrected chi connectivity index (χ2v) is 5.07. The van der Waals surface area contributed by atoms with Gasteiger partial charge in [0.15, 0.2) is 0 Å². The van der Waals surface area contributed by atoms with Crippen LogP contribution in [0.3, 0.4) is 0 Å². The molecule has 1 heterocycles. The van der Waals surface area contributed by atoms with Gasteiger partial charge in [0.2, 0.25) is 0 Å². The molecule has 1 fully saturated rings. The van der Waals surface area contributed by atoms with Crippen molar-refractivity contribution in [1.29, 1.82) is 0 Å². The molecule has 1 aliphatic rings. The molecule has 1 unspecified atom stereocenters. The standard InChI is InChI=1S/C13H17ClN2O3/c1-16-4-5-19-10(8-16)7-15-12-3-2-9(14)6-11(12)13(17)18/h2-3,6,10,15H,4-5,7-8H2,1H3,(H,17,18). The third kappa shape index (κ3) is 3.83. The molecule has 0 spiro atoms. The lowest BCUT2D eigenvalue weighted by Gasteiger charge is -2.30. The second-order valence-electron chi connectivity index (χ2n) is 4.63. The number of ether oxygens (including phenoxy) is 1. The van der Waals surface area contributed by atoms with Gasteiger partial charge in [-0.15, -0.1) is 0 Å². The number of halogens is 1. The number of carboxylic acids is 1. The van der Waals surface area contributed by atoms with E-state index in [4.69, 9.17) is 21.4 Å². The summed E-state index contributed by atoms with van der Waals surface area (Å²) in [5.74, 6) is -0.994. The van der Waals surface area contributed by atoms with E-state index in [1.807, 2.05) is 7.05 Å². The highest BCUT2D eigenvalue weighted by molar-refractivity contribution is 6.31. The quantitative estimate of drug-likeness (QED) is 0.882. The Balaban J connectivity index is 2.01. The first kappa shape index (κ1) is 14.1. The second kappa shape index (κ2) is 6.23. The number of hydrogen-bond acceptors (Lipinski definition) is 4. The molecule has 0 aromatic heterocycles. The van der Waals surface area contributed by atoms with Gasteiger partial charge in [0, 0.05) is 30.3 Å². The topological polar surface area (TPSA) is 61.8 Å². The lowest BCUT2D eigenvalue weighted by molar-refractivity contribution is -0.0117. The Labute approximate surface area is 117 Å². The highest BCUT2D eigenvalue weighted by Gasteiger charge is 2.18. The molecule has 0 saturated carbocycles. The number of hydrogen-bond donors (Lipinski definition) is 2. The normalized spacial score (nSPS) is 20.2. The van der Waals surface area contributed by atoms with Crippen molar-refractivity contribution in [3.63, 3.8) is 0 Å². The summed E-state index contributed by atoms with van der Waals surface area (Å²) in [5, 5.41) is 12.7. The van der Waals surface area contributed by atoms with Gasteiger partial charge in [-0.3, -0.25) is 0 Å². The molecule has 1 atom stereocenters. The van der Waals surface area contributed by atoms with Crippen LogP contribution in [0.5, 0.6) is 0 Å². The molecule has 0 bridgehead atoms. The third-order valence-corrected chi connectivity index (χ3v) is 3.31. The van der Waals surface area contributed by atoms with Gasteiger partial charge in [-0.1, -0.05) is 11.6 Å². The Morgan fingerprint density at radius 1 is 1.63 bits per heavy atom. The van der Waals surface area contributed by atoms with Crippen LogP contribution >= 0.6 is 11.6 Å². The lowest BCUT2D eigenvalue weighted by Crippen LogP contribution is -2.43. The van der Waals surface area contributed by atoms with Crippen molar-refractivity contribution in [3.05, 3.63) is 28.8 Å². The minimum absolute atomic E-state index is 0.0658. The molecule has 0 radical (unpaired) electrons. The van der Waals surface area contributed by atoms with Crippen LogP contribution in [0.15, 0.2) is 18.2 Å². The van der Waals surface area contributed by atoms with E-state index in [9.17, 15) is 4.79 Å². The van der Waals surface area contributed by atoms with Crippen molar-refractivity contribution < 1.29 is 14.6 Å². The van der Waals surface area contributed by atoms with Crippen molar-refractivity contribution in [2.45, 2.75) is 6.10 Å². The fraction of sp³-hybridized carbons (Fsp3) is 0.462. The summed E-state index contributed by atoms with van der Waals surface area (Å²) < 4.78 is 5.62. The van der Waals surface area contributed by atoms with Gasteiger partial charge < -0.3 is 20.1 Å². The summed E-state index contributed by atoms with van der Waals surface area (Å²) in [6.07, 6.45) is 0.0658. The smallest absolute Gasteiger partial charge is 0.337 e. The van der Waals surface area contributed by atoms with Crippen molar-refractivity contribution in [1.82, 2.24) is 4.90 Å². The fourth-order valence-corrected chi connectivity index (χ4v) is 2.23. The summed E-state index contributed by atoms with van der Waals surface area (Å²) in [6.45, 7) is 3.04. The minimum Gasteiger partial charge on any atom is -0.478 e. The molecular weight excluding hydrogens is 268 g/mol. The van der Waals surface area contributed by atoms with E-state index in [-0.39, 0.29) is 11.7 Å². The average molecular weight is 285 g/mol. The molecule has 104 valence electrons. The van der Waals surface area contributed by atoms with Crippen LogP contribution < -0.4 is 5.32 Å². The first-order chi connectivity index (χ1) is 9.06. The molecule has 2 N–H and O–H groups in total. The number of anilines is 1. The summed E-state index contributed by atoms with van der Waals surface area (Å²) in [4.78, 5) is 13.3. The van der Waals surface area contributed by atoms with Crippen LogP contribution in [0, 0.1) is 0 Å². The van der Waals surface area contributed by atoms with Gasteiger partial charge in [-0.25, -0.2) is 4.79 Å².